The zero-order valence-corrected chi connectivity index (χ0v) is 11.0. The molecular formula is C12H21NO5. The van der Waals surface area contributed by atoms with Gasteiger partial charge in [-0.2, -0.15) is 0 Å². The zero-order chi connectivity index (χ0) is 14.0. The average molecular weight is 259 g/mol. The zero-order valence-electron chi connectivity index (χ0n) is 11.0. The maximum Gasteiger partial charge on any atom is 0.333 e. The van der Waals surface area contributed by atoms with Gasteiger partial charge in [-0.25, -0.2) is 4.79 Å². The first kappa shape index (κ1) is 16.6. The van der Waals surface area contributed by atoms with E-state index in [9.17, 15) is 14.4 Å². The van der Waals surface area contributed by atoms with Crippen molar-refractivity contribution in [1.29, 1.82) is 0 Å². The maximum atomic E-state index is 11.2. The summed E-state index contributed by atoms with van der Waals surface area (Å²) in [5.74, 6) is -1.51. The molecule has 0 spiro atoms. The molecule has 0 aromatic carbocycles. The van der Waals surface area contributed by atoms with E-state index in [0.717, 1.165) is 0 Å². The van der Waals surface area contributed by atoms with Crippen LogP contribution in [-0.2, 0) is 19.2 Å². The van der Waals surface area contributed by atoms with Crippen LogP contribution in [0.5, 0.6) is 0 Å². The quantitative estimate of drug-likeness (QED) is 0.572. The highest BCUT2D eigenvalue weighted by Gasteiger charge is 2.32. The van der Waals surface area contributed by atoms with E-state index in [2.05, 4.69) is 4.84 Å². The van der Waals surface area contributed by atoms with Gasteiger partial charge in [0.15, 0.2) is 0 Å². The van der Waals surface area contributed by atoms with Crippen molar-refractivity contribution >= 4 is 17.8 Å². The van der Waals surface area contributed by atoms with Crippen LogP contribution >= 0.6 is 0 Å². The molecule has 1 fully saturated rings. The summed E-state index contributed by atoms with van der Waals surface area (Å²) >= 11 is 0. The number of hydroxylamine groups is 2. The molecule has 6 nitrogen and oxygen atoms in total. The van der Waals surface area contributed by atoms with Gasteiger partial charge in [-0.15, -0.1) is 5.06 Å². The van der Waals surface area contributed by atoms with Gasteiger partial charge in [0.25, 0.3) is 11.8 Å². The number of nitrogens with zero attached hydrogens (tertiary/aromatic N) is 1. The molecule has 1 rings (SSSR count). The van der Waals surface area contributed by atoms with Gasteiger partial charge in [0, 0.05) is 25.9 Å². The number of rotatable bonds is 6. The Hall–Kier alpha value is -1.43. The molecule has 0 aromatic heterocycles. The number of hydrogen-bond acceptors (Lipinski definition) is 5. The lowest BCUT2D eigenvalue weighted by Gasteiger charge is -2.12. The monoisotopic (exact) mass is 259 g/mol. The summed E-state index contributed by atoms with van der Waals surface area (Å²) in [6.07, 6.45) is 2.29. The van der Waals surface area contributed by atoms with Crippen molar-refractivity contribution in [2.45, 2.75) is 52.4 Å². The van der Waals surface area contributed by atoms with E-state index in [1.54, 1.807) is 0 Å². The highest BCUT2D eigenvalue weighted by Crippen LogP contribution is 2.13. The van der Waals surface area contributed by atoms with Gasteiger partial charge in [-0.3, -0.25) is 9.59 Å². The van der Waals surface area contributed by atoms with Gasteiger partial charge in [0.2, 0.25) is 0 Å². The molecule has 1 aliphatic heterocycles. The summed E-state index contributed by atoms with van der Waals surface area (Å²) in [6, 6.07) is 0. The van der Waals surface area contributed by atoms with E-state index in [-0.39, 0.29) is 25.9 Å². The van der Waals surface area contributed by atoms with Gasteiger partial charge in [-0.1, -0.05) is 20.3 Å². The van der Waals surface area contributed by atoms with E-state index in [1.165, 1.54) is 0 Å². The van der Waals surface area contributed by atoms with E-state index in [4.69, 9.17) is 5.11 Å². The molecule has 104 valence electrons. The molecule has 0 bridgehead atoms. The normalized spacial score (nSPS) is 14.3. The molecule has 0 radical (unpaired) electrons. The minimum absolute atomic E-state index is 0.0954. The number of aliphatic hydroxyl groups excluding tert-OH is 1. The van der Waals surface area contributed by atoms with Crippen LogP contribution < -0.4 is 0 Å². The molecule has 1 heterocycles. The summed E-state index contributed by atoms with van der Waals surface area (Å²) in [7, 11) is 0. The predicted octanol–water partition coefficient (Wildman–Crippen LogP) is 1.17. The molecule has 18 heavy (non-hydrogen) atoms. The largest absolute Gasteiger partial charge is 0.396 e. The fraction of sp³-hybridized carbons (Fsp3) is 0.750. The smallest absolute Gasteiger partial charge is 0.333 e. The van der Waals surface area contributed by atoms with Crippen molar-refractivity contribution in [1.82, 2.24) is 5.06 Å². The van der Waals surface area contributed by atoms with Gasteiger partial charge >= 0.3 is 5.97 Å². The van der Waals surface area contributed by atoms with Crippen LogP contribution in [0.4, 0.5) is 0 Å². The molecule has 0 saturated carbocycles. The predicted molar refractivity (Wildman–Crippen MR) is 64.1 cm³/mol. The summed E-state index contributed by atoms with van der Waals surface area (Å²) in [6.45, 7) is 4.10. The number of carbonyl (C=O) groups is 3. The molecule has 1 aliphatic rings. The summed E-state index contributed by atoms with van der Waals surface area (Å²) in [4.78, 5) is 38.1. The molecule has 0 aromatic rings. The Morgan fingerprint density at radius 3 is 2.22 bits per heavy atom. The van der Waals surface area contributed by atoms with Crippen molar-refractivity contribution in [3.8, 4) is 0 Å². The van der Waals surface area contributed by atoms with Crippen LogP contribution in [0, 0.1) is 0 Å². The topological polar surface area (TPSA) is 83.9 Å². The van der Waals surface area contributed by atoms with E-state index < -0.39 is 17.8 Å². The molecule has 2 amide bonds. The fourth-order valence-electron chi connectivity index (χ4n) is 1.36. The maximum absolute atomic E-state index is 11.2. The Bertz CT molecular complexity index is 274. The second-order valence-electron chi connectivity index (χ2n) is 3.58. The average Bonchev–Trinajstić information content (AvgIpc) is 2.69. The van der Waals surface area contributed by atoms with Crippen molar-refractivity contribution in [2.24, 2.45) is 0 Å². The third-order valence-corrected chi connectivity index (χ3v) is 2.24. The minimum Gasteiger partial charge on any atom is -0.396 e. The first-order chi connectivity index (χ1) is 8.65. The highest BCUT2D eigenvalue weighted by molar-refractivity contribution is 6.01. The van der Waals surface area contributed by atoms with Crippen molar-refractivity contribution in [2.75, 3.05) is 6.61 Å². The number of aliphatic hydroxyl groups is 1. The molecule has 1 N–H and O–H groups in total. The van der Waals surface area contributed by atoms with Crippen LogP contribution in [0.2, 0.25) is 0 Å². The molecule has 0 aliphatic carbocycles. The fourth-order valence-corrected chi connectivity index (χ4v) is 1.36. The highest BCUT2D eigenvalue weighted by atomic mass is 16.7. The Kier molecular flexibility index (Phi) is 8.82. The van der Waals surface area contributed by atoms with Crippen LogP contribution in [0.3, 0.4) is 0 Å². The summed E-state index contributed by atoms with van der Waals surface area (Å²) < 4.78 is 0. The van der Waals surface area contributed by atoms with Gasteiger partial charge in [0.1, 0.15) is 0 Å². The van der Waals surface area contributed by atoms with E-state index in [0.29, 0.717) is 24.3 Å². The number of hydrogen-bond donors (Lipinski definition) is 1. The van der Waals surface area contributed by atoms with Crippen molar-refractivity contribution in [3.05, 3.63) is 0 Å². The number of carbonyl (C=O) groups excluding carboxylic acids is 3. The summed E-state index contributed by atoms with van der Waals surface area (Å²) in [5.41, 5.74) is 0. The van der Waals surface area contributed by atoms with Crippen molar-refractivity contribution in [3.63, 3.8) is 0 Å². The van der Waals surface area contributed by atoms with E-state index >= 15 is 0 Å². The second kappa shape index (κ2) is 9.58. The molecule has 0 atom stereocenters. The lowest BCUT2D eigenvalue weighted by Crippen LogP contribution is -2.31. The Labute approximate surface area is 107 Å². The Morgan fingerprint density at radius 1 is 1.17 bits per heavy atom. The van der Waals surface area contributed by atoms with Gasteiger partial charge in [-0.05, 0) is 12.8 Å². The first-order valence-corrected chi connectivity index (χ1v) is 6.32. The Morgan fingerprint density at radius 2 is 1.72 bits per heavy atom. The van der Waals surface area contributed by atoms with Gasteiger partial charge < -0.3 is 9.94 Å². The van der Waals surface area contributed by atoms with Crippen LogP contribution in [0.1, 0.15) is 52.4 Å². The molecular weight excluding hydrogens is 238 g/mol. The Balaban J connectivity index is 0.00000137. The molecule has 0 unspecified atom stereocenters. The standard InChI is InChI=1S/C10H15NO5.C2H6/c12-7-3-1-2-4-10(15)16-11-8(13)5-6-9(11)14;1-2/h12H,1-7H2;1-2H3. The number of imide groups is 1. The summed E-state index contributed by atoms with van der Waals surface area (Å²) in [5, 5.41) is 9.07. The van der Waals surface area contributed by atoms with Crippen LogP contribution in [0.25, 0.3) is 0 Å². The third-order valence-electron chi connectivity index (χ3n) is 2.24. The number of amides is 2. The van der Waals surface area contributed by atoms with E-state index in [1.807, 2.05) is 13.8 Å². The molecule has 6 heteroatoms. The number of unbranched alkanes of at least 4 members (excludes halogenated alkanes) is 2. The molecule has 1 saturated heterocycles. The lowest BCUT2D eigenvalue weighted by molar-refractivity contribution is -0.197. The minimum atomic E-state index is -0.582. The van der Waals surface area contributed by atoms with Crippen LogP contribution in [0.15, 0.2) is 0 Å². The van der Waals surface area contributed by atoms with Gasteiger partial charge in [0.05, 0.1) is 0 Å². The van der Waals surface area contributed by atoms with Crippen LogP contribution in [-0.4, -0.2) is 34.6 Å². The lowest BCUT2D eigenvalue weighted by atomic mass is 10.2. The third kappa shape index (κ3) is 5.77. The first-order valence-electron chi connectivity index (χ1n) is 6.32. The van der Waals surface area contributed by atoms with Crippen molar-refractivity contribution < 1.29 is 24.3 Å². The second-order valence-corrected chi connectivity index (χ2v) is 3.58. The SMILES string of the molecule is CC.O=C(CCCCCO)ON1C(=O)CCC1=O.